The summed E-state index contributed by atoms with van der Waals surface area (Å²) in [5.41, 5.74) is 4.90. The first-order valence-electron chi connectivity index (χ1n) is 5.35. The number of nitrogens with two attached hydrogens (primary N) is 1. The predicted molar refractivity (Wildman–Crippen MR) is 55.1 cm³/mol. The van der Waals surface area contributed by atoms with Crippen molar-refractivity contribution in [3.05, 3.63) is 0 Å². The van der Waals surface area contributed by atoms with Gasteiger partial charge < -0.3 is 15.5 Å². The average Bonchev–Trinajstić information content (AvgIpc) is 2.60. The molecule has 84 valence electrons. The highest BCUT2D eigenvalue weighted by atomic mass is 16.2. The van der Waals surface area contributed by atoms with Gasteiger partial charge in [-0.25, -0.2) is 4.79 Å². The number of hydrogen-bond donors (Lipinski definition) is 1. The van der Waals surface area contributed by atoms with Crippen molar-refractivity contribution in [1.82, 2.24) is 9.80 Å². The van der Waals surface area contributed by atoms with Crippen LogP contribution >= 0.6 is 0 Å². The van der Waals surface area contributed by atoms with Gasteiger partial charge in [0.2, 0.25) is 5.91 Å². The van der Waals surface area contributed by atoms with Crippen LogP contribution in [0.25, 0.3) is 0 Å². The van der Waals surface area contributed by atoms with Crippen molar-refractivity contribution in [3.63, 3.8) is 0 Å². The van der Waals surface area contributed by atoms with Gasteiger partial charge in [0.05, 0.1) is 5.41 Å². The summed E-state index contributed by atoms with van der Waals surface area (Å²) >= 11 is 0. The second-order valence-electron chi connectivity index (χ2n) is 4.62. The van der Waals surface area contributed by atoms with Gasteiger partial charge in [-0.05, 0) is 19.3 Å². The van der Waals surface area contributed by atoms with Gasteiger partial charge in [0, 0.05) is 26.7 Å². The molecule has 2 saturated heterocycles. The minimum atomic E-state index is -0.409. The van der Waals surface area contributed by atoms with E-state index >= 15 is 0 Å². The molecule has 1 atom stereocenters. The van der Waals surface area contributed by atoms with Crippen LogP contribution in [-0.4, -0.2) is 48.4 Å². The van der Waals surface area contributed by atoms with Gasteiger partial charge in [0.25, 0.3) is 0 Å². The number of piperidine rings is 1. The van der Waals surface area contributed by atoms with E-state index in [0.29, 0.717) is 13.1 Å². The van der Waals surface area contributed by atoms with Crippen LogP contribution in [-0.2, 0) is 4.79 Å². The zero-order chi connectivity index (χ0) is 11.1. The summed E-state index contributed by atoms with van der Waals surface area (Å²) < 4.78 is 0. The molecule has 2 rings (SSSR count). The Morgan fingerprint density at radius 1 is 1.40 bits per heavy atom. The monoisotopic (exact) mass is 211 g/mol. The Hall–Kier alpha value is -1.26. The molecule has 0 aromatic heterocycles. The third kappa shape index (κ3) is 1.56. The maximum absolute atomic E-state index is 12.1. The van der Waals surface area contributed by atoms with Gasteiger partial charge in [-0.1, -0.05) is 0 Å². The maximum atomic E-state index is 12.1. The molecular formula is C10H17N3O2. The third-order valence-corrected chi connectivity index (χ3v) is 3.61. The largest absolute Gasteiger partial charge is 0.351 e. The molecule has 5 nitrogen and oxygen atoms in total. The summed E-state index contributed by atoms with van der Waals surface area (Å²) in [6.45, 7) is 1.96. The first-order chi connectivity index (χ1) is 7.05. The van der Waals surface area contributed by atoms with Crippen LogP contribution in [0.4, 0.5) is 4.79 Å². The van der Waals surface area contributed by atoms with Crippen molar-refractivity contribution in [2.45, 2.75) is 19.3 Å². The van der Waals surface area contributed by atoms with E-state index in [1.807, 2.05) is 7.05 Å². The summed E-state index contributed by atoms with van der Waals surface area (Å²) in [6, 6.07) is -0.409. The molecule has 0 aromatic carbocycles. The fourth-order valence-corrected chi connectivity index (χ4v) is 2.71. The van der Waals surface area contributed by atoms with Crippen molar-refractivity contribution in [3.8, 4) is 0 Å². The standard InChI is InChI=1S/C10H17N3O2/c1-12-5-2-3-10(8(12)14)4-6-13(7-10)9(11)15/h2-7H2,1H3,(H2,11,15). The fraction of sp³-hybridized carbons (Fsp3) is 0.800. The number of urea groups is 1. The molecule has 2 fully saturated rings. The third-order valence-electron chi connectivity index (χ3n) is 3.61. The molecule has 1 unspecified atom stereocenters. The van der Waals surface area contributed by atoms with Gasteiger partial charge in [-0.15, -0.1) is 0 Å². The Balaban J connectivity index is 2.14. The molecule has 0 bridgehead atoms. The topological polar surface area (TPSA) is 66.6 Å². The Morgan fingerprint density at radius 2 is 2.13 bits per heavy atom. The lowest BCUT2D eigenvalue weighted by molar-refractivity contribution is -0.143. The van der Waals surface area contributed by atoms with Gasteiger partial charge in [-0.3, -0.25) is 4.79 Å². The quantitative estimate of drug-likeness (QED) is 0.613. The zero-order valence-corrected chi connectivity index (χ0v) is 9.03. The molecule has 0 aliphatic carbocycles. The first-order valence-corrected chi connectivity index (χ1v) is 5.35. The number of likely N-dealkylation sites (tertiary alicyclic amines) is 2. The molecule has 2 heterocycles. The summed E-state index contributed by atoms with van der Waals surface area (Å²) in [4.78, 5) is 26.5. The summed E-state index contributed by atoms with van der Waals surface area (Å²) in [5.74, 6) is 0.178. The summed E-state index contributed by atoms with van der Waals surface area (Å²) in [5, 5.41) is 0. The highest BCUT2D eigenvalue weighted by molar-refractivity contribution is 5.85. The van der Waals surface area contributed by atoms with Crippen LogP contribution < -0.4 is 5.73 Å². The minimum Gasteiger partial charge on any atom is -0.351 e. The molecule has 3 amide bonds. The van der Waals surface area contributed by atoms with Crippen molar-refractivity contribution in [1.29, 1.82) is 0 Å². The summed E-state index contributed by atoms with van der Waals surface area (Å²) in [6.07, 6.45) is 2.67. The second kappa shape index (κ2) is 3.40. The van der Waals surface area contributed by atoms with Crippen LogP contribution in [0, 0.1) is 5.41 Å². The molecule has 1 spiro atoms. The highest BCUT2D eigenvalue weighted by Gasteiger charge is 2.48. The number of nitrogens with zero attached hydrogens (tertiary/aromatic N) is 2. The van der Waals surface area contributed by atoms with Crippen LogP contribution in [0.5, 0.6) is 0 Å². The van der Waals surface area contributed by atoms with E-state index in [9.17, 15) is 9.59 Å². The summed E-state index contributed by atoms with van der Waals surface area (Å²) in [7, 11) is 1.83. The normalized spacial score (nSPS) is 31.4. The maximum Gasteiger partial charge on any atom is 0.314 e. The van der Waals surface area contributed by atoms with E-state index in [1.165, 1.54) is 0 Å². The van der Waals surface area contributed by atoms with Crippen LogP contribution in [0.2, 0.25) is 0 Å². The lowest BCUT2D eigenvalue weighted by Crippen LogP contribution is -2.49. The Kier molecular flexibility index (Phi) is 2.32. The molecule has 0 aromatic rings. The number of carbonyl (C=O) groups excluding carboxylic acids is 2. The first kappa shape index (κ1) is 10.3. The van der Waals surface area contributed by atoms with Crippen molar-refractivity contribution in [2.24, 2.45) is 11.1 Å². The molecule has 15 heavy (non-hydrogen) atoms. The fourth-order valence-electron chi connectivity index (χ4n) is 2.71. The Morgan fingerprint density at radius 3 is 2.73 bits per heavy atom. The number of primary amides is 1. The Labute approximate surface area is 89.2 Å². The highest BCUT2D eigenvalue weighted by Crippen LogP contribution is 2.39. The van der Waals surface area contributed by atoms with Crippen molar-refractivity contribution in [2.75, 3.05) is 26.7 Å². The van der Waals surface area contributed by atoms with E-state index in [0.717, 1.165) is 25.8 Å². The Bertz CT molecular complexity index is 305. The SMILES string of the molecule is CN1CCCC2(CCN(C(N)=O)C2)C1=O. The lowest BCUT2D eigenvalue weighted by Gasteiger charge is -2.37. The van der Waals surface area contributed by atoms with Crippen LogP contribution in [0.3, 0.4) is 0 Å². The number of carbonyl (C=O) groups is 2. The number of hydrogen-bond acceptors (Lipinski definition) is 2. The smallest absolute Gasteiger partial charge is 0.314 e. The van der Waals surface area contributed by atoms with Crippen molar-refractivity contribution >= 4 is 11.9 Å². The van der Waals surface area contributed by atoms with E-state index < -0.39 is 6.03 Å². The minimum absolute atomic E-state index is 0.178. The number of rotatable bonds is 0. The van der Waals surface area contributed by atoms with Gasteiger partial charge in [-0.2, -0.15) is 0 Å². The number of amides is 3. The molecule has 2 aliphatic rings. The van der Waals surface area contributed by atoms with E-state index in [1.54, 1.807) is 9.80 Å². The van der Waals surface area contributed by atoms with Gasteiger partial charge in [0.1, 0.15) is 0 Å². The van der Waals surface area contributed by atoms with E-state index in [2.05, 4.69) is 0 Å². The molecular weight excluding hydrogens is 194 g/mol. The molecule has 2 aliphatic heterocycles. The van der Waals surface area contributed by atoms with Gasteiger partial charge in [0.15, 0.2) is 0 Å². The van der Waals surface area contributed by atoms with E-state index in [-0.39, 0.29) is 11.3 Å². The zero-order valence-electron chi connectivity index (χ0n) is 9.03. The molecule has 0 radical (unpaired) electrons. The molecule has 0 saturated carbocycles. The van der Waals surface area contributed by atoms with Crippen LogP contribution in [0.15, 0.2) is 0 Å². The lowest BCUT2D eigenvalue weighted by atomic mass is 9.78. The average molecular weight is 211 g/mol. The van der Waals surface area contributed by atoms with E-state index in [4.69, 9.17) is 5.73 Å². The molecule has 5 heteroatoms. The van der Waals surface area contributed by atoms with Gasteiger partial charge >= 0.3 is 6.03 Å². The van der Waals surface area contributed by atoms with Crippen LogP contribution in [0.1, 0.15) is 19.3 Å². The predicted octanol–water partition coefficient (Wildman–Crippen LogP) is 0.00940. The van der Waals surface area contributed by atoms with Crippen molar-refractivity contribution < 1.29 is 9.59 Å². The second-order valence-corrected chi connectivity index (χ2v) is 4.62. The molecule has 2 N–H and O–H groups in total.